The quantitative estimate of drug-likeness (QED) is 0.597. The van der Waals surface area contributed by atoms with Crippen LogP contribution in [0.1, 0.15) is 59.9 Å². The van der Waals surface area contributed by atoms with E-state index >= 15 is 0 Å². The molecule has 1 aromatic rings. The second-order valence-electron chi connectivity index (χ2n) is 8.67. The summed E-state index contributed by atoms with van der Waals surface area (Å²) in [7, 11) is 0. The average molecular weight is 408 g/mol. The molecule has 0 aromatic heterocycles. The first-order valence-corrected chi connectivity index (χ1v) is 9.51. The van der Waals surface area contributed by atoms with E-state index in [0.717, 1.165) is 5.56 Å². The molecular formula is C21H32N2O6. The number of anilines is 1. The zero-order valence-corrected chi connectivity index (χ0v) is 18.0. The van der Waals surface area contributed by atoms with Crippen molar-refractivity contribution in [3.05, 3.63) is 29.8 Å². The molecule has 0 saturated carbocycles. The van der Waals surface area contributed by atoms with Gasteiger partial charge in [-0.3, -0.25) is 4.79 Å². The highest BCUT2D eigenvalue weighted by atomic mass is 16.6. The highest BCUT2D eigenvalue weighted by Gasteiger charge is 2.29. The van der Waals surface area contributed by atoms with E-state index < -0.39 is 29.3 Å². The molecule has 2 amide bonds. The number of carbonyl (C=O) groups excluding carboxylic acids is 3. The number of amides is 2. The minimum absolute atomic E-state index is 0.0124. The molecule has 29 heavy (non-hydrogen) atoms. The van der Waals surface area contributed by atoms with Crippen LogP contribution in [0.4, 0.5) is 10.5 Å². The van der Waals surface area contributed by atoms with Crippen LogP contribution >= 0.6 is 0 Å². The predicted octanol–water partition coefficient (Wildman–Crippen LogP) is 3.13. The second-order valence-corrected chi connectivity index (χ2v) is 8.67. The van der Waals surface area contributed by atoms with Gasteiger partial charge >= 0.3 is 12.1 Å². The van der Waals surface area contributed by atoms with Gasteiger partial charge in [-0.05, 0) is 65.7 Å². The Morgan fingerprint density at radius 1 is 0.966 bits per heavy atom. The second kappa shape index (κ2) is 10.2. The summed E-state index contributed by atoms with van der Waals surface area (Å²) >= 11 is 0. The Hall–Kier alpha value is -2.61. The van der Waals surface area contributed by atoms with Gasteiger partial charge in [-0.15, -0.1) is 0 Å². The third kappa shape index (κ3) is 10.5. The molecule has 1 aromatic carbocycles. The zero-order chi connectivity index (χ0) is 22.2. The van der Waals surface area contributed by atoms with Crippen LogP contribution in [0.25, 0.3) is 0 Å². The largest absolute Gasteiger partial charge is 0.458 e. The Bertz CT molecular complexity index is 701. The fraction of sp³-hybridized carbons (Fsp3) is 0.571. The summed E-state index contributed by atoms with van der Waals surface area (Å²) in [6, 6.07) is 5.72. The van der Waals surface area contributed by atoms with Gasteiger partial charge in [0.1, 0.15) is 17.2 Å². The zero-order valence-electron chi connectivity index (χ0n) is 18.0. The molecule has 3 N–H and O–H groups in total. The predicted molar refractivity (Wildman–Crippen MR) is 109 cm³/mol. The number of alkyl carbamates (subject to hydrolysis) is 1. The van der Waals surface area contributed by atoms with Gasteiger partial charge in [0.2, 0.25) is 5.91 Å². The molecule has 8 heteroatoms. The third-order valence-electron chi connectivity index (χ3n) is 3.46. The molecule has 162 valence electrons. The van der Waals surface area contributed by atoms with E-state index in [1.807, 2.05) is 0 Å². The monoisotopic (exact) mass is 408 g/mol. The van der Waals surface area contributed by atoms with E-state index in [1.165, 1.54) is 0 Å². The number of benzene rings is 1. The van der Waals surface area contributed by atoms with E-state index in [1.54, 1.807) is 65.8 Å². The number of aliphatic hydroxyl groups is 1. The molecule has 0 aliphatic carbocycles. The van der Waals surface area contributed by atoms with Crippen LogP contribution < -0.4 is 10.6 Å². The topological polar surface area (TPSA) is 114 Å². The Morgan fingerprint density at radius 2 is 1.52 bits per heavy atom. The lowest BCUT2D eigenvalue weighted by Crippen LogP contribution is -2.46. The highest BCUT2D eigenvalue weighted by Crippen LogP contribution is 2.14. The number of hydrogen-bond donors (Lipinski definition) is 3. The Kier molecular flexibility index (Phi) is 8.63. The molecule has 1 rings (SSSR count). The van der Waals surface area contributed by atoms with Crippen molar-refractivity contribution in [3.8, 4) is 0 Å². The van der Waals surface area contributed by atoms with Crippen molar-refractivity contribution < 1.29 is 29.0 Å². The summed E-state index contributed by atoms with van der Waals surface area (Å²) in [5.74, 6) is -0.954. The van der Waals surface area contributed by atoms with Gasteiger partial charge in [0, 0.05) is 12.1 Å². The molecule has 0 heterocycles. The normalized spacial score (nSPS) is 12.7. The number of aliphatic hydroxyl groups excluding tert-OH is 1. The molecule has 0 saturated heterocycles. The minimum atomic E-state index is -1.02. The van der Waals surface area contributed by atoms with Crippen molar-refractivity contribution in [1.29, 1.82) is 0 Å². The van der Waals surface area contributed by atoms with Crippen LogP contribution in [0.2, 0.25) is 0 Å². The first-order valence-electron chi connectivity index (χ1n) is 9.51. The molecule has 0 fully saturated rings. The number of esters is 1. The van der Waals surface area contributed by atoms with Crippen LogP contribution in [-0.2, 0) is 25.7 Å². The summed E-state index contributed by atoms with van der Waals surface area (Å²) in [5.41, 5.74) is -0.154. The lowest BCUT2D eigenvalue weighted by Gasteiger charge is -2.26. The van der Waals surface area contributed by atoms with Crippen molar-refractivity contribution in [1.82, 2.24) is 5.32 Å². The van der Waals surface area contributed by atoms with Crippen LogP contribution in [0.3, 0.4) is 0 Å². The van der Waals surface area contributed by atoms with Gasteiger partial charge in [0.15, 0.2) is 0 Å². The summed E-state index contributed by atoms with van der Waals surface area (Å²) in [6.45, 7) is 10.2. The van der Waals surface area contributed by atoms with Gasteiger partial charge in [-0.1, -0.05) is 12.1 Å². The standard InChI is InChI=1S/C21H32N2O6/c1-20(2,3)28-18(26)16(23-19(27)29-21(4,5)6)11-12-17(25)22-15-9-7-14(13-24)8-10-15/h7-10,16,24H,11-13H2,1-6H3,(H,22,25)(H,23,27). The van der Waals surface area contributed by atoms with Crippen molar-refractivity contribution in [2.75, 3.05) is 5.32 Å². The molecule has 0 spiro atoms. The average Bonchev–Trinajstić information content (AvgIpc) is 2.56. The number of carbonyl (C=O) groups is 3. The first kappa shape index (κ1) is 24.4. The van der Waals surface area contributed by atoms with E-state index in [0.29, 0.717) is 5.69 Å². The van der Waals surface area contributed by atoms with Gasteiger partial charge < -0.3 is 25.2 Å². The number of hydrogen-bond acceptors (Lipinski definition) is 6. The van der Waals surface area contributed by atoms with Crippen LogP contribution in [-0.4, -0.2) is 40.3 Å². The molecule has 0 aliphatic rings. The number of nitrogens with one attached hydrogen (secondary N) is 2. The van der Waals surface area contributed by atoms with E-state index in [2.05, 4.69) is 10.6 Å². The van der Waals surface area contributed by atoms with Crippen molar-refractivity contribution in [2.45, 2.75) is 78.2 Å². The maximum absolute atomic E-state index is 12.5. The van der Waals surface area contributed by atoms with Gasteiger partial charge in [-0.25, -0.2) is 9.59 Å². The fourth-order valence-corrected chi connectivity index (χ4v) is 2.26. The molecule has 0 bridgehead atoms. The van der Waals surface area contributed by atoms with Crippen molar-refractivity contribution in [3.63, 3.8) is 0 Å². The maximum Gasteiger partial charge on any atom is 0.408 e. The Morgan fingerprint density at radius 3 is 2.00 bits per heavy atom. The van der Waals surface area contributed by atoms with Gasteiger partial charge in [-0.2, -0.15) is 0 Å². The minimum Gasteiger partial charge on any atom is -0.458 e. The first-order chi connectivity index (χ1) is 13.3. The van der Waals surface area contributed by atoms with Crippen LogP contribution in [0, 0.1) is 0 Å². The van der Waals surface area contributed by atoms with Gasteiger partial charge in [0.25, 0.3) is 0 Å². The molecule has 0 radical (unpaired) electrons. The van der Waals surface area contributed by atoms with Crippen LogP contribution in [0.15, 0.2) is 24.3 Å². The van der Waals surface area contributed by atoms with Crippen LogP contribution in [0.5, 0.6) is 0 Å². The summed E-state index contributed by atoms with van der Waals surface area (Å²) in [5, 5.41) is 14.3. The van der Waals surface area contributed by atoms with Crippen molar-refractivity contribution >= 4 is 23.7 Å². The molecule has 1 unspecified atom stereocenters. The fourth-order valence-electron chi connectivity index (χ4n) is 2.26. The molecule has 0 aliphatic heterocycles. The SMILES string of the molecule is CC(C)(C)OC(=O)NC(CCC(=O)Nc1ccc(CO)cc1)C(=O)OC(C)(C)C. The Labute approximate surface area is 172 Å². The third-order valence-corrected chi connectivity index (χ3v) is 3.46. The Balaban J connectivity index is 2.72. The lowest BCUT2D eigenvalue weighted by atomic mass is 10.1. The smallest absolute Gasteiger partial charge is 0.408 e. The highest BCUT2D eigenvalue weighted by molar-refractivity contribution is 5.91. The van der Waals surface area contributed by atoms with E-state index in [4.69, 9.17) is 14.6 Å². The summed E-state index contributed by atoms with van der Waals surface area (Å²) < 4.78 is 10.5. The molecular weight excluding hydrogens is 376 g/mol. The summed E-state index contributed by atoms with van der Waals surface area (Å²) in [4.78, 5) is 36.8. The summed E-state index contributed by atoms with van der Waals surface area (Å²) in [6.07, 6.45) is -0.718. The number of rotatable bonds is 7. The maximum atomic E-state index is 12.5. The van der Waals surface area contributed by atoms with E-state index in [-0.39, 0.29) is 25.4 Å². The van der Waals surface area contributed by atoms with Crippen molar-refractivity contribution in [2.24, 2.45) is 0 Å². The van der Waals surface area contributed by atoms with E-state index in [9.17, 15) is 14.4 Å². The number of ether oxygens (including phenoxy) is 2. The lowest BCUT2D eigenvalue weighted by molar-refractivity contribution is -0.157. The van der Waals surface area contributed by atoms with Gasteiger partial charge in [0.05, 0.1) is 6.61 Å². The molecule has 8 nitrogen and oxygen atoms in total. The molecule has 1 atom stereocenters.